The van der Waals surface area contributed by atoms with Crippen molar-refractivity contribution < 1.29 is 0 Å². The van der Waals surface area contributed by atoms with Crippen LogP contribution in [0.25, 0.3) is 16.9 Å². The molecule has 0 N–H and O–H groups in total. The molecule has 0 spiro atoms. The summed E-state index contributed by atoms with van der Waals surface area (Å²) in [5, 5.41) is 0.403. The number of nitrogens with zero attached hydrogens (tertiary/aromatic N) is 3. The van der Waals surface area contributed by atoms with Crippen molar-refractivity contribution in [3.8, 4) is 5.69 Å². The van der Waals surface area contributed by atoms with E-state index in [0.29, 0.717) is 5.02 Å². The zero-order valence-electron chi connectivity index (χ0n) is 11.4. The number of benzene rings is 1. The molecule has 3 nitrogen and oxygen atoms in total. The number of pyridine rings is 1. The summed E-state index contributed by atoms with van der Waals surface area (Å²) in [5.74, 6) is 0.747. The Hall–Kier alpha value is -1.10. The van der Waals surface area contributed by atoms with Gasteiger partial charge in [-0.25, -0.2) is 9.97 Å². The Morgan fingerprint density at radius 3 is 2.76 bits per heavy atom. The lowest BCUT2D eigenvalue weighted by atomic mass is 10.2. The van der Waals surface area contributed by atoms with Crippen molar-refractivity contribution in [3.63, 3.8) is 0 Å². The number of halogens is 3. The van der Waals surface area contributed by atoms with Crippen molar-refractivity contribution >= 4 is 50.3 Å². The molecule has 1 atom stereocenters. The largest absolute Gasteiger partial charge is 0.278 e. The van der Waals surface area contributed by atoms with Crippen molar-refractivity contribution in [2.24, 2.45) is 0 Å². The summed E-state index contributed by atoms with van der Waals surface area (Å²) in [6.45, 7) is 3.91. The summed E-state index contributed by atoms with van der Waals surface area (Å²) in [6, 6.07) is 7.55. The summed E-state index contributed by atoms with van der Waals surface area (Å²) in [6.07, 6.45) is 1.77. The molecule has 21 heavy (non-hydrogen) atoms. The summed E-state index contributed by atoms with van der Waals surface area (Å²) < 4.78 is 2.86. The smallest absolute Gasteiger partial charge is 0.165 e. The summed E-state index contributed by atoms with van der Waals surface area (Å²) in [7, 11) is 0. The van der Waals surface area contributed by atoms with Crippen LogP contribution in [-0.4, -0.2) is 14.5 Å². The van der Waals surface area contributed by atoms with E-state index < -0.39 is 0 Å². The van der Waals surface area contributed by atoms with Crippen molar-refractivity contribution in [2.45, 2.75) is 19.2 Å². The summed E-state index contributed by atoms with van der Waals surface area (Å²) in [5.41, 5.74) is 3.58. The Kier molecular flexibility index (Phi) is 3.95. The van der Waals surface area contributed by atoms with Crippen LogP contribution in [0.5, 0.6) is 0 Å². The number of aryl methyl sites for hydroxylation is 1. The van der Waals surface area contributed by atoms with E-state index in [9.17, 15) is 0 Å². The Morgan fingerprint density at radius 2 is 2.05 bits per heavy atom. The van der Waals surface area contributed by atoms with E-state index in [0.717, 1.165) is 32.7 Å². The molecule has 0 saturated heterocycles. The van der Waals surface area contributed by atoms with Gasteiger partial charge in [-0.1, -0.05) is 11.6 Å². The second kappa shape index (κ2) is 5.59. The van der Waals surface area contributed by atoms with Gasteiger partial charge in [-0.3, -0.25) is 4.57 Å². The molecule has 108 valence electrons. The summed E-state index contributed by atoms with van der Waals surface area (Å²) in [4.78, 5) is 9.13. The Balaban J connectivity index is 2.42. The molecule has 0 amide bonds. The van der Waals surface area contributed by atoms with Crippen LogP contribution in [0.3, 0.4) is 0 Å². The average Bonchev–Trinajstić information content (AvgIpc) is 2.82. The molecule has 0 aliphatic carbocycles. The summed E-state index contributed by atoms with van der Waals surface area (Å²) >= 11 is 16.0. The molecule has 0 bridgehead atoms. The fraction of sp³-hybridized carbons (Fsp3) is 0.200. The third kappa shape index (κ3) is 2.56. The second-order valence-corrected chi connectivity index (χ2v) is 6.76. The maximum atomic E-state index is 6.31. The van der Waals surface area contributed by atoms with Crippen LogP contribution in [-0.2, 0) is 0 Å². The molecule has 0 aliphatic rings. The highest BCUT2D eigenvalue weighted by Crippen LogP contribution is 2.33. The lowest BCUT2D eigenvalue weighted by Crippen LogP contribution is -2.03. The van der Waals surface area contributed by atoms with Gasteiger partial charge in [-0.2, -0.15) is 0 Å². The van der Waals surface area contributed by atoms with Crippen LogP contribution < -0.4 is 0 Å². The monoisotopic (exact) mass is 383 g/mol. The van der Waals surface area contributed by atoms with E-state index in [1.165, 1.54) is 0 Å². The van der Waals surface area contributed by atoms with Gasteiger partial charge >= 0.3 is 0 Å². The fourth-order valence-electron chi connectivity index (χ4n) is 2.27. The maximum absolute atomic E-state index is 6.31. The number of alkyl halides is 1. The Labute approximate surface area is 141 Å². The SMILES string of the molecule is Cc1ccnc2c1nc(C(C)Cl)n2-c1cc(Cl)ccc1Br. The van der Waals surface area contributed by atoms with Crippen LogP contribution in [0, 0.1) is 6.92 Å². The van der Waals surface area contributed by atoms with E-state index in [4.69, 9.17) is 23.2 Å². The van der Waals surface area contributed by atoms with Crippen molar-refractivity contribution in [3.05, 3.63) is 51.3 Å². The van der Waals surface area contributed by atoms with Gasteiger partial charge in [0.1, 0.15) is 11.3 Å². The molecule has 0 radical (unpaired) electrons. The molecule has 1 unspecified atom stereocenters. The van der Waals surface area contributed by atoms with E-state index in [2.05, 4.69) is 25.9 Å². The molecule has 0 fully saturated rings. The van der Waals surface area contributed by atoms with Crippen LogP contribution >= 0.6 is 39.1 Å². The first-order valence-corrected chi connectivity index (χ1v) is 8.03. The average molecular weight is 385 g/mol. The molecular weight excluding hydrogens is 373 g/mol. The topological polar surface area (TPSA) is 30.7 Å². The van der Waals surface area contributed by atoms with Crippen molar-refractivity contribution in [1.82, 2.24) is 14.5 Å². The number of hydrogen-bond acceptors (Lipinski definition) is 2. The minimum absolute atomic E-state index is 0.246. The van der Waals surface area contributed by atoms with Crippen LogP contribution in [0.2, 0.25) is 5.02 Å². The van der Waals surface area contributed by atoms with Gasteiger partial charge in [0.15, 0.2) is 5.65 Å². The predicted octanol–water partition coefficient (Wildman–Crippen LogP) is 5.44. The third-order valence-corrected chi connectivity index (χ3v) is 4.38. The Bertz CT molecular complexity index is 827. The maximum Gasteiger partial charge on any atom is 0.165 e. The quantitative estimate of drug-likeness (QED) is 0.550. The van der Waals surface area contributed by atoms with E-state index in [1.807, 2.05) is 42.7 Å². The molecule has 0 saturated carbocycles. The highest BCUT2D eigenvalue weighted by molar-refractivity contribution is 9.10. The van der Waals surface area contributed by atoms with E-state index in [1.54, 1.807) is 6.20 Å². The molecule has 1 aromatic carbocycles. The first kappa shape index (κ1) is 14.8. The van der Waals surface area contributed by atoms with Crippen molar-refractivity contribution in [2.75, 3.05) is 0 Å². The lowest BCUT2D eigenvalue weighted by molar-refractivity contribution is 0.874. The fourth-order valence-corrected chi connectivity index (χ4v) is 3.01. The molecule has 3 aromatic rings. The molecule has 2 heterocycles. The predicted molar refractivity (Wildman–Crippen MR) is 90.6 cm³/mol. The number of rotatable bonds is 2. The third-order valence-electron chi connectivity index (χ3n) is 3.28. The van der Waals surface area contributed by atoms with Gasteiger partial charge in [-0.15, -0.1) is 11.6 Å². The van der Waals surface area contributed by atoms with Gasteiger partial charge in [-0.05, 0) is 59.6 Å². The minimum atomic E-state index is -0.246. The molecular formula is C15H12BrCl2N3. The van der Waals surface area contributed by atoms with Gasteiger partial charge in [0, 0.05) is 15.7 Å². The molecule has 0 aliphatic heterocycles. The van der Waals surface area contributed by atoms with E-state index >= 15 is 0 Å². The lowest BCUT2D eigenvalue weighted by Gasteiger charge is -2.12. The van der Waals surface area contributed by atoms with Gasteiger partial charge < -0.3 is 0 Å². The minimum Gasteiger partial charge on any atom is -0.278 e. The van der Waals surface area contributed by atoms with Crippen molar-refractivity contribution in [1.29, 1.82) is 0 Å². The van der Waals surface area contributed by atoms with Gasteiger partial charge in [0.25, 0.3) is 0 Å². The van der Waals surface area contributed by atoms with Gasteiger partial charge in [0.2, 0.25) is 0 Å². The van der Waals surface area contributed by atoms with Crippen LogP contribution in [0.15, 0.2) is 34.9 Å². The number of hydrogen-bond donors (Lipinski definition) is 0. The normalized spacial score (nSPS) is 12.8. The van der Waals surface area contributed by atoms with Crippen LogP contribution in [0.4, 0.5) is 0 Å². The number of fused-ring (bicyclic) bond motifs is 1. The second-order valence-electron chi connectivity index (χ2n) is 4.82. The van der Waals surface area contributed by atoms with Crippen LogP contribution in [0.1, 0.15) is 23.7 Å². The molecule has 6 heteroatoms. The first-order valence-electron chi connectivity index (χ1n) is 6.42. The highest BCUT2D eigenvalue weighted by atomic mass is 79.9. The standard InChI is InChI=1S/C15H12BrCl2N3/c1-8-5-6-19-15-13(8)20-14(9(2)17)21(15)12-7-10(18)3-4-11(12)16/h3-7,9H,1-2H3. The first-order chi connectivity index (χ1) is 9.99. The number of imidazole rings is 1. The zero-order chi connectivity index (χ0) is 15.1. The van der Waals surface area contributed by atoms with E-state index in [-0.39, 0.29) is 5.38 Å². The molecule has 3 rings (SSSR count). The Morgan fingerprint density at radius 1 is 1.29 bits per heavy atom. The highest BCUT2D eigenvalue weighted by Gasteiger charge is 2.20. The van der Waals surface area contributed by atoms with Gasteiger partial charge in [0.05, 0.1) is 11.1 Å². The number of aromatic nitrogens is 3. The molecule has 2 aromatic heterocycles. The zero-order valence-corrected chi connectivity index (χ0v) is 14.5.